The van der Waals surface area contributed by atoms with E-state index in [1.165, 1.54) is 0 Å². The number of aromatic hydroxyl groups is 1. The molecule has 5 heteroatoms. The van der Waals surface area contributed by atoms with Crippen LogP contribution in [0.1, 0.15) is 24.8 Å². The molecule has 108 valence electrons. The zero-order chi connectivity index (χ0) is 14.2. The Labute approximate surface area is 118 Å². The maximum Gasteiger partial charge on any atom is 0.317 e. The zero-order valence-corrected chi connectivity index (χ0v) is 11.4. The monoisotopic (exact) mass is 276 g/mol. The van der Waals surface area contributed by atoms with E-state index >= 15 is 0 Å². The Hall–Kier alpha value is -1.75. The van der Waals surface area contributed by atoms with Gasteiger partial charge in [-0.1, -0.05) is 12.1 Å². The van der Waals surface area contributed by atoms with Crippen LogP contribution in [0.5, 0.6) is 5.75 Å². The third-order valence-corrected chi connectivity index (χ3v) is 4.26. The highest BCUT2D eigenvalue weighted by Gasteiger charge is 2.48. The minimum absolute atomic E-state index is 0.148. The number of carbonyl (C=O) groups is 1. The van der Waals surface area contributed by atoms with Crippen molar-refractivity contribution < 1.29 is 15.0 Å². The summed E-state index contributed by atoms with van der Waals surface area (Å²) in [6, 6.07) is 6.68. The molecule has 20 heavy (non-hydrogen) atoms. The Balaban J connectivity index is 1.52. The van der Waals surface area contributed by atoms with E-state index in [4.69, 9.17) is 0 Å². The number of benzene rings is 1. The predicted octanol–water partition coefficient (Wildman–Crippen LogP) is 1.45. The van der Waals surface area contributed by atoms with Gasteiger partial charge in [0.25, 0.3) is 0 Å². The van der Waals surface area contributed by atoms with Gasteiger partial charge in [-0.05, 0) is 42.9 Å². The normalized spacial score (nSPS) is 25.8. The molecular formula is C15H20N2O3. The van der Waals surface area contributed by atoms with E-state index in [0.717, 1.165) is 18.4 Å². The molecule has 0 bridgehead atoms. The summed E-state index contributed by atoms with van der Waals surface area (Å²) >= 11 is 0. The predicted molar refractivity (Wildman–Crippen MR) is 74.2 cm³/mol. The zero-order valence-electron chi connectivity index (χ0n) is 11.4. The van der Waals surface area contributed by atoms with E-state index in [0.29, 0.717) is 32.0 Å². The summed E-state index contributed by atoms with van der Waals surface area (Å²) < 4.78 is 0. The number of carbonyl (C=O) groups excluding carboxylic acids is 1. The fourth-order valence-corrected chi connectivity index (χ4v) is 2.90. The van der Waals surface area contributed by atoms with Crippen LogP contribution in [0, 0.1) is 5.92 Å². The van der Waals surface area contributed by atoms with Crippen molar-refractivity contribution in [1.82, 2.24) is 10.2 Å². The van der Waals surface area contributed by atoms with Crippen LogP contribution in [0.25, 0.3) is 0 Å². The molecule has 1 aliphatic heterocycles. The van der Waals surface area contributed by atoms with Crippen LogP contribution in [-0.2, 0) is 6.54 Å². The highest BCUT2D eigenvalue weighted by molar-refractivity contribution is 5.74. The second kappa shape index (κ2) is 4.98. The Bertz CT molecular complexity index is 516. The Morgan fingerprint density at radius 1 is 1.45 bits per heavy atom. The quantitative estimate of drug-likeness (QED) is 0.782. The summed E-state index contributed by atoms with van der Waals surface area (Å²) in [7, 11) is 0. The van der Waals surface area contributed by atoms with E-state index in [-0.39, 0.29) is 11.8 Å². The molecule has 1 saturated heterocycles. The van der Waals surface area contributed by atoms with Gasteiger partial charge in [-0.15, -0.1) is 0 Å². The average Bonchev–Trinajstić information content (AvgIpc) is 3.21. The van der Waals surface area contributed by atoms with Crippen molar-refractivity contribution in [3.63, 3.8) is 0 Å². The molecule has 0 aromatic heterocycles. The van der Waals surface area contributed by atoms with Crippen LogP contribution in [0.15, 0.2) is 24.3 Å². The lowest BCUT2D eigenvalue weighted by Crippen LogP contribution is -2.42. The molecule has 1 atom stereocenters. The molecule has 1 heterocycles. The molecule has 1 aromatic carbocycles. The van der Waals surface area contributed by atoms with Crippen molar-refractivity contribution in [2.45, 2.75) is 31.4 Å². The lowest BCUT2D eigenvalue weighted by Gasteiger charge is -2.23. The molecular weight excluding hydrogens is 256 g/mol. The number of aliphatic hydroxyl groups is 1. The fourth-order valence-electron chi connectivity index (χ4n) is 2.90. The molecule has 2 aliphatic rings. The molecule has 5 nitrogen and oxygen atoms in total. The topological polar surface area (TPSA) is 72.8 Å². The molecule has 0 radical (unpaired) electrons. The summed E-state index contributed by atoms with van der Waals surface area (Å²) in [6.45, 7) is 1.42. The lowest BCUT2D eigenvalue weighted by molar-refractivity contribution is 0.0301. The lowest BCUT2D eigenvalue weighted by atomic mass is 9.97. The standard InChI is InChI=1S/C15H20N2O3/c18-13-3-1-2-11(8-13)9-16-14(19)17-7-6-15(20,10-17)12-4-5-12/h1-3,8,12,18,20H,4-7,9-10H2,(H,16,19). The molecule has 2 fully saturated rings. The van der Waals surface area contributed by atoms with Gasteiger partial charge in [0.1, 0.15) is 5.75 Å². The van der Waals surface area contributed by atoms with Crippen LogP contribution < -0.4 is 5.32 Å². The molecule has 0 spiro atoms. The van der Waals surface area contributed by atoms with E-state index in [1.54, 1.807) is 23.1 Å². The SMILES string of the molecule is O=C(NCc1cccc(O)c1)N1CCC(O)(C2CC2)C1. The van der Waals surface area contributed by atoms with Crippen molar-refractivity contribution in [2.75, 3.05) is 13.1 Å². The summed E-state index contributed by atoms with van der Waals surface area (Å²) in [6.07, 6.45) is 2.84. The van der Waals surface area contributed by atoms with Gasteiger partial charge < -0.3 is 20.4 Å². The third kappa shape index (κ3) is 2.72. The molecule has 2 amide bonds. The first-order chi connectivity index (χ1) is 9.57. The first kappa shape index (κ1) is 13.2. The Kier molecular flexibility index (Phi) is 3.30. The molecule has 3 N–H and O–H groups in total. The Morgan fingerprint density at radius 2 is 2.25 bits per heavy atom. The number of hydrogen-bond acceptors (Lipinski definition) is 3. The van der Waals surface area contributed by atoms with E-state index in [1.807, 2.05) is 6.07 Å². The first-order valence-electron chi connectivity index (χ1n) is 7.10. The van der Waals surface area contributed by atoms with Gasteiger partial charge >= 0.3 is 6.03 Å². The molecule has 1 aromatic rings. The summed E-state index contributed by atoms with van der Waals surface area (Å²) in [4.78, 5) is 13.8. The number of nitrogens with one attached hydrogen (secondary N) is 1. The van der Waals surface area contributed by atoms with Crippen LogP contribution in [-0.4, -0.2) is 39.8 Å². The van der Waals surface area contributed by atoms with Crippen molar-refractivity contribution in [3.8, 4) is 5.75 Å². The highest BCUT2D eigenvalue weighted by Crippen LogP contribution is 2.44. The van der Waals surface area contributed by atoms with E-state index < -0.39 is 5.60 Å². The van der Waals surface area contributed by atoms with Crippen molar-refractivity contribution >= 4 is 6.03 Å². The van der Waals surface area contributed by atoms with Gasteiger partial charge in [-0.3, -0.25) is 0 Å². The minimum Gasteiger partial charge on any atom is -0.508 e. The summed E-state index contributed by atoms with van der Waals surface area (Å²) in [5, 5.41) is 22.6. The number of rotatable bonds is 3. The van der Waals surface area contributed by atoms with Gasteiger partial charge in [0, 0.05) is 13.1 Å². The number of likely N-dealkylation sites (tertiary alicyclic amines) is 1. The van der Waals surface area contributed by atoms with E-state index in [9.17, 15) is 15.0 Å². The van der Waals surface area contributed by atoms with Gasteiger partial charge in [-0.25, -0.2) is 4.79 Å². The van der Waals surface area contributed by atoms with Crippen LogP contribution in [0.3, 0.4) is 0 Å². The second-order valence-corrected chi connectivity index (χ2v) is 5.88. The van der Waals surface area contributed by atoms with Gasteiger partial charge in [0.15, 0.2) is 0 Å². The largest absolute Gasteiger partial charge is 0.508 e. The maximum atomic E-state index is 12.1. The van der Waals surface area contributed by atoms with Crippen LogP contribution >= 0.6 is 0 Å². The van der Waals surface area contributed by atoms with Crippen LogP contribution in [0.4, 0.5) is 4.79 Å². The number of phenolic OH excluding ortho intramolecular Hbond substituents is 1. The molecule has 1 aliphatic carbocycles. The molecule has 1 saturated carbocycles. The molecule has 3 rings (SSSR count). The number of amides is 2. The maximum absolute atomic E-state index is 12.1. The number of phenols is 1. The van der Waals surface area contributed by atoms with Crippen molar-refractivity contribution in [3.05, 3.63) is 29.8 Å². The smallest absolute Gasteiger partial charge is 0.317 e. The van der Waals surface area contributed by atoms with Crippen molar-refractivity contribution in [2.24, 2.45) is 5.92 Å². The van der Waals surface area contributed by atoms with Crippen molar-refractivity contribution in [1.29, 1.82) is 0 Å². The number of hydrogen-bond donors (Lipinski definition) is 3. The number of β-amino-alcohol motifs (C(OH)–C–C–N with tert-alkyl or cyclic N) is 1. The van der Waals surface area contributed by atoms with E-state index in [2.05, 4.69) is 5.32 Å². The number of nitrogens with zero attached hydrogens (tertiary/aromatic N) is 1. The molecule has 1 unspecified atom stereocenters. The average molecular weight is 276 g/mol. The highest BCUT2D eigenvalue weighted by atomic mass is 16.3. The second-order valence-electron chi connectivity index (χ2n) is 5.88. The number of urea groups is 1. The fraction of sp³-hybridized carbons (Fsp3) is 0.533. The van der Waals surface area contributed by atoms with Gasteiger partial charge in [0.2, 0.25) is 0 Å². The van der Waals surface area contributed by atoms with Gasteiger partial charge in [0.05, 0.1) is 12.1 Å². The summed E-state index contributed by atoms with van der Waals surface area (Å²) in [5.41, 5.74) is 0.192. The minimum atomic E-state index is -0.664. The first-order valence-corrected chi connectivity index (χ1v) is 7.10. The summed E-state index contributed by atoms with van der Waals surface area (Å²) in [5.74, 6) is 0.576. The van der Waals surface area contributed by atoms with Gasteiger partial charge in [-0.2, -0.15) is 0 Å². The van der Waals surface area contributed by atoms with Crippen LogP contribution in [0.2, 0.25) is 0 Å². The third-order valence-electron chi connectivity index (χ3n) is 4.26. The Morgan fingerprint density at radius 3 is 2.95 bits per heavy atom.